The number of aldehydes is 1. The summed E-state index contributed by atoms with van der Waals surface area (Å²) in [5.41, 5.74) is 0.581. The molecule has 0 atom stereocenters. The van der Waals surface area contributed by atoms with E-state index in [1.807, 2.05) is 0 Å². The van der Waals surface area contributed by atoms with E-state index in [1.165, 1.54) is 6.07 Å². The van der Waals surface area contributed by atoms with Crippen molar-refractivity contribution in [1.29, 1.82) is 0 Å². The number of hydrogen-bond donors (Lipinski definition) is 1. The zero-order valence-corrected chi connectivity index (χ0v) is 9.24. The van der Waals surface area contributed by atoms with Crippen LogP contribution in [-0.4, -0.2) is 26.8 Å². The van der Waals surface area contributed by atoms with Crippen molar-refractivity contribution < 1.29 is 17.4 Å². The van der Waals surface area contributed by atoms with E-state index in [2.05, 4.69) is 9.17 Å². The van der Waals surface area contributed by atoms with E-state index in [-0.39, 0.29) is 10.5 Å². The van der Waals surface area contributed by atoms with Gasteiger partial charge >= 0.3 is 0 Å². The summed E-state index contributed by atoms with van der Waals surface area (Å²) in [6.07, 6.45) is 2.14. The second kappa shape index (κ2) is 3.73. The van der Waals surface area contributed by atoms with Crippen LogP contribution in [0.2, 0.25) is 0 Å². The van der Waals surface area contributed by atoms with Gasteiger partial charge in [0.15, 0.2) is 6.29 Å². The summed E-state index contributed by atoms with van der Waals surface area (Å²) in [6, 6.07) is 4.73. The van der Waals surface area contributed by atoms with E-state index < -0.39 is 10.1 Å². The Labute approximate surface area is 92.2 Å². The highest BCUT2D eigenvalue weighted by molar-refractivity contribution is 7.86. The Kier molecular flexibility index (Phi) is 2.53. The molecule has 1 heterocycles. The minimum absolute atomic E-state index is 0.0874. The molecule has 0 aliphatic carbocycles. The van der Waals surface area contributed by atoms with Crippen molar-refractivity contribution in [2.75, 3.05) is 7.11 Å². The first-order valence-electron chi connectivity index (χ1n) is 4.46. The lowest BCUT2D eigenvalue weighted by Crippen LogP contribution is -2.06. The molecule has 0 aliphatic heterocycles. The van der Waals surface area contributed by atoms with Crippen molar-refractivity contribution >= 4 is 27.3 Å². The molecule has 0 radical (unpaired) electrons. The van der Waals surface area contributed by atoms with Crippen molar-refractivity contribution in [3.05, 3.63) is 30.0 Å². The molecule has 0 fully saturated rings. The molecule has 0 unspecified atom stereocenters. The van der Waals surface area contributed by atoms with Gasteiger partial charge in [0.25, 0.3) is 10.1 Å². The number of benzene rings is 1. The average Bonchev–Trinajstić information content (AvgIpc) is 2.75. The zero-order valence-electron chi connectivity index (χ0n) is 8.43. The van der Waals surface area contributed by atoms with E-state index >= 15 is 0 Å². The summed E-state index contributed by atoms with van der Waals surface area (Å²) in [7, 11) is -2.80. The van der Waals surface area contributed by atoms with Crippen molar-refractivity contribution in [3.63, 3.8) is 0 Å². The second-order valence-corrected chi connectivity index (χ2v) is 4.84. The fraction of sp³-hybridized carbons (Fsp3) is 0.100. The number of carbonyl (C=O) groups excluding carboxylic acids is 1. The molecule has 6 heteroatoms. The predicted octanol–water partition coefficient (Wildman–Crippen LogP) is 1.32. The summed E-state index contributed by atoms with van der Waals surface area (Å²) < 4.78 is 27.5. The van der Waals surface area contributed by atoms with Crippen LogP contribution in [0.25, 0.3) is 10.9 Å². The fourth-order valence-corrected chi connectivity index (χ4v) is 2.39. The maximum atomic E-state index is 11.6. The Hall–Kier alpha value is -1.66. The first-order chi connectivity index (χ1) is 7.60. The predicted molar refractivity (Wildman–Crippen MR) is 57.9 cm³/mol. The van der Waals surface area contributed by atoms with E-state index in [0.29, 0.717) is 11.8 Å². The van der Waals surface area contributed by atoms with Crippen molar-refractivity contribution in [2.45, 2.75) is 4.90 Å². The number of hydrogen-bond acceptors (Lipinski definition) is 4. The van der Waals surface area contributed by atoms with Gasteiger partial charge in [-0.15, -0.1) is 0 Å². The number of fused-ring (bicyclic) bond motifs is 1. The molecule has 0 saturated carbocycles. The Morgan fingerprint density at radius 3 is 2.69 bits per heavy atom. The van der Waals surface area contributed by atoms with Gasteiger partial charge in [-0.3, -0.25) is 8.98 Å². The number of nitrogens with one attached hydrogen (secondary N) is 1. The quantitative estimate of drug-likeness (QED) is 0.647. The van der Waals surface area contributed by atoms with Gasteiger partial charge in [0, 0.05) is 11.6 Å². The molecule has 0 spiro atoms. The smallest absolute Gasteiger partial charge is 0.297 e. The molecular formula is C10H9NO4S. The van der Waals surface area contributed by atoms with Gasteiger partial charge < -0.3 is 4.98 Å². The summed E-state index contributed by atoms with van der Waals surface area (Å²) >= 11 is 0. The van der Waals surface area contributed by atoms with E-state index in [4.69, 9.17) is 0 Å². The third-order valence-corrected chi connectivity index (χ3v) is 3.67. The summed E-state index contributed by atoms with van der Waals surface area (Å²) in [5, 5.41) is 0.775. The maximum Gasteiger partial charge on any atom is 0.297 e. The second-order valence-electron chi connectivity index (χ2n) is 3.16. The van der Waals surface area contributed by atoms with Gasteiger partial charge in [0.2, 0.25) is 0 Å². The van der Waals surface area contributed by atoms with Gasteiger partial charge in [0.05, 0.1) is 18.2 Å². The number of aromatic nitrogens is 1. The molecule has 0 aliphatic rings. The van der Waals surface area contributed by atoms with Gasteiger partial charge in [-0.05, 0) is 12.1 Å². The summed E-state index contributed by atoms with van der Waals surface area (Å²) in [5.74, 6) is 0. The molecule has 0 amide bonds. The molecule has 1 aromatic carbocycles. The topological polar surface area (TPSA) is 76.2 Å². The molecule has 2 aromatic rings. The van der Waals surface area contributed by atoms with Crippen molar-refractivity contribution in [2.24, 2.45) is 0 Å². The van der Waals surface area contributed by atoms with Crippen LogP contribution < -0.4 is 0 Å². The van der Waals surface area contributed by atoms with Gasteiger partial charge in [-0.2, -0.15) is 8.42 Å². The molecule has 1 N–H and O–H groups in total. The lowest BCUT2D eigenvalue weighted by atomic mass is 10.1. The number of rotatable bonds is 3. The Morgan fingerprint density at radius 1 is 1.31 bits per heavy atom. The Bertz CT molecular complexity index is 642. The SMILES string of the molecule is COS(=O)(=O)c1ccc2cc[nH]c2c1C=O. The van der Waals surface area contributed by atoms with Crippen LogP contribution in [-0.2, 0) is 14.3 Å². The van der Waals surface area contributed by atoms with Crippen molar-refractivity contribution in [1.82, 2.24) is 4.98 Å². The summed E-state index contributed by atoms with van der Waals surface area (Å²) in [6.45, 7) is 0. The van der Waals surface area contributed by atoms with Crippen LogP contribution in [0.4, 0.5) is 0 Å². The first-order valence-corrected chi connectivity index (χ1v) is 5.87. The molecule has 16 heavy (non-hydrogen) atoms. The third-order valence-electron chi connectivity index (χ3n) is 2.33. The highest BCUT2D eigenvalue weighted by Gasteiger charge is 2.20. The van der Waals surface area contributed by atoms with Gasteiger partial charge in [-0.25, -0.2) is 0 Å². The number of H-pyrrole nitrogens is 1. The zero-order chi connectivity index (χ0) is 11.8. The minimum Gasteiger partial charge on any atom is -0.361 e. The highest BCUT2D eigenvalue weighted by Crippen LogP contribution is 2.24. The minimum atomic E-state index is -3.86. The lowest BCUT2D eigenvalue weighted by Gasteiger charge is -2.05. The van der Waals surface area contributed by atoms with Crippen LogP contribution in [0.15, 0.2) is 29.3 Å². The Morgan fingerprint density at radius 2 is 2.06 bits per heavy atom. The molecule has 1 aromatic heterocycles. The van der Waals surface area contributed by atoms with Crippen LogP contribution in [0.1, 0.15) is 10.4 Å². The highest BCUT2D eigenvalue weighted by atomic mass is 32.2. The number of aromatic amines is 1. The van der Waals surface area contributed by atoms with Gasteiger partial charge in [-0.1, -0.05) is 6.07 Å². The summed E-state index contributed by atoms with van der Waals surface area (Å²) in [4.78, 5) is 13.7. The molecule has 5 nitrogen and oxygen atoms in total. The molecule has 84 valence electrons. The first kappa shape index (κ1) is 10.8. The van der Waals surface area contributed by atoms with Crippen LogP contribution in [0.3, 0.4) is 0 Å². The maximum absolute atomic E-state index is 11.6. The van der Waals surface area contributed by atoms with E-state index in [9.17, 15) is 13.2 Å². The standard InChI is InChI=1S/C10H9NO4S/c1-15-16(13,14)9-3-2-7-4-5-11-10(7)8(9)6-12/h2-6,11H,1H3. The normalized spacial score (nSPS) is 11.8. The molecule has 2 rings (SSSR count). The van der Waals surface area contributed by atoms with Crippen LogP contribution >= 0.6 is 0 Å². The van der Waals surface area contributed by atoms with Crippen LogP contribution in [0, 0.1) is 0 Å². The number of carbonyl (C=O) groups is 1. The Balaban J connectivity index is 2.85. The molecule has 0 bridgehead atoms. The molecular weight excluding hydrogens is 230 g/mol. The van der Waals surface area contributed by atoms with Gasteiger partial charge in [0.1, 0.15) is 4.90 Å². The fourth-order valence-electron chi connectivity index (χ4n) is 1.56. The third kappa shape index (κ3) is 1.52. The largest absolute Gasteiger partial charge is 0.361 e. The average molecular weight is 239 g/mol. The van der Waals surface area contributed by atoms with Crippen LogP contribution in [0.5, 0.6) is 0 Å². The lowest BCUT2D eigenvalue weighted by molar-refractivity contribution is 0.112. The monoisotopic (exact) mass is 239 g/mol. The van der Waals surface area contributed by atoms with E-state index in [1.54, 1.807) is 18.3 Å². The van der Waals surface area contributed by atoms with Crippen molar-refractivity contribution in [3.8, 4) is 0 Å². The molecule has 0 saturated heterocycles. The van der Waals surface area contributed by atoms with E-state index in [0.717, 1.165) is 12.5 Å².